The number of hydrogen-bond donors (Lipinski definition) is 1. The lowest BCUT2D eigenvalue weighted by atomic mass is 10.1. The molecule has 3 aromatic rings. The first-order valence-corrected chi connectivity index (χ1v) is 10.8. The van der Waals surface area contributed by atoms with Gasteiger partial charge in [0.15, 0.2) is 0 Å². The minimum absolute atomic E-state index is 0.00174. The van der Waals surface area contributed by atoms with E-state index in [1.165, 1.54) is 24.3 Å². The Morgan fingerprint density at radius 3 is 2.35 bits per heavy atom. The highest BCUT2D eigenvalue weighted by atomic mass is 32.2. The number of aryl methyl sites for hydroxylation is 2. The van der Waals surface area contributed by atoms with Gasteiger partial charge in [0.25, 0.3) is 5.91 Å². The number of para-hydroxylation sites is 1. The molecule has 0 radical (unpaired) electrons. The monoisotopic (exact) mass is 432 g/mol. The summed E-state index contributed by atoms with van der Waals surface area (Å²) in [5.41, 5.74) is 2.61. The Morgan fingerprint density at radius 1 is 1.00 bits per heavy atom. The molecule has 0 aromatic heterocycles. The number of carbonyl (C=O) groups excluding carboxylic acids is 1. The maximum absolute atomic E-state index is 12.6. The Bertz CT molecular complexity index is 1290. The highest BCUT2D eigenvalue weighted by molar-refractivity contribution is 7.87. The topological polar surface area (TPSA) is 96.3 Å². The molecule has 0 heterocycles. The van der Waals surface area contributed by atoms with Crippen molar-refractivity contribution in [1.82, 2.24) is 0 Å². The molecule has 0 saturated carbocycles. The number of nitrogens with one attached hydrogen (secondary N) is 1. The summed E-state index contributed by atoms with van der Waals surface area (Å²) in [5, 5.41) is 12.2. The number of hydrogen-bond acceptors (Lipinski definition) is 5. The fourth-order valence-electron chi connectivity index (χ4n) is 2.88. The van der Waals surface area contributed by atoms with E-state index in [1.807, 2.05) is 32.0 Å². The lowest BCUT2D eigenvalue weighted by Gasteiger charge is -2.11. The minimum atomic E-state index is -4.07. The van der Waals surface area contributed by atoms with Gasteiger partial charge in [0, 0.05) is 11.3 Å². The van der Waals surface area contributed by atoms with Crippen molar-refractivity contribution >= 4 is 27.8 Å². The van der Waals surface area contributed by atoms with Gasteiger partial charge in [-0.2, -0.15) is 13.7 Å². The van der Waals surface area contributed by atoms with Crippen molar-refractivity contribution in [3.05, 3.63) is 95.1 Å². The van der Waals surface area contributed by atoms with Crippen LogP contribution in [-0.2, 0) is 14.9 Å². The van der Waals surface area contributed by atoms with Crippen LogP contribution >= 0.6 is 0 Å². The van der Waals surface area contributed by atoms with Crippen LogP contribution in [0.5, 0.6) is 5.75 Å². The van der Waals surface area contributed by atoms with Crippen LogP contribution in [0.4, 0.5) is 5.69 Å². The summed E-state index contributed by atoms with van der Waals surface area (Å²) < 4.78 is 30.4. The second-order valence-corrected chi connectivity index (χ2v) is 8.38. The van der Waals surface area contributed by atoms with E-state index in [4.69, 9.17) is 4.18 Å². The largest absolute Gasteiger partial charge is 0.378 e. The van der Waals surface area contributed by atoms with E-state index < -0.39 is 16.0 Å². The van der Waals surface area contributed by atoms with Crippen LogP contribution in [0.15, 0.2) is 83.3 Å². The zero-order valence-corrected chi connectivity index (χ0v) is 17.8. The normalized spacial score (nSPS) is 11.5. The van der Waals surface area contributed by atoms with Gasteiger partial charge in [-0.1, -0.05) is 54.1 Å². The van der Waals surface area contributed by atoms with E-state index in [2.05, 4.69) is 5.32 Å². The molecule has 156 valence electrons. The first-order chi connectivity index (χ1) is 14.8. The highest BCUT2D eigenvalue weighted by Gasteiger charge is 2.18. The fourth-order valence-corrected chi connectivity index (χ4v) is 3.85. The van der Waals surface area contributed by atoms with Crippen molar-refractivity contribution in [2.24, 2.45) is 0 Å². The van der Waals surface area contributed by atoms with Crippen LogP contribution in [0.25, 0.3) is 6.08 Å². The van der Waals surface area contributed by atoms with Crippen molar-refractivity contribution in [2.75, 3.05) is 5.32 Å². The summed E-state index contributed by atoms with van der Waals surface area (Å²) in [6.45, 7) is 3.80. The molecular formula is C24H20N2O4S. The molecule has 7 heteroatoms. The van der Waals surface area contributed by atoms with E-state index in [1.54, 1.807) is 42.5 Å². The zero-order chi connectivity index (χ0) is 22.4. The van der Waals surface area contributed by atoms with E-state index in [9.17, 15) is 18.5 Å². The van der Waals surface area contributed by atoms with Crippen molar-refractivity contribution in [1.29, 1.82) is 5.26 Å². The van der Waals surface area contributed by atoms with E-state index in [0.717, 1.165) is 11.1 Å². The van der Waals surface area contributed by atoms with Gasteiger partial charge in [0.2, 0.25) is 0 Å². The van der Waals surface area contributed by atoms with Gasteiger partial charge in [-0.25, -0.2) is 0 Å². The number of nitrogens with zero attached hydrogens (tertiary/aromatic N) is 1. The maximum atomic E-state index is 12.6. The predicted molar refractivity (Wildman–Crippen MR) is 119 cm³/mol. The van der Waals surface area contributed by atoms with Crippen molar-refractivity contribution in [2.45, 2.75) is 18.7 Å². The summed E-state index contributed by atoms with van der Waals surface area (Å²) in [6.07, 6.45) is 1.30. The van der Waals surface area contributed by atoms with E-state index in [0.29, 0.717) is 5.69 Å². The van der Waals surface area contributed by atoms with Gasteiger partial charge < -0.3 is 9.50 Å². The lowest BCUT2D eigenvalue weighted by molar-refractivity contribution is -0.112. The van der Waals surface area contributed by atoms with Crippen molar-refractivity contribution in [3.63, 3.8) is 0 Å². The minimum Gasteiger partial charge on any atom is -0.378 e. The molecule has 0 aliphatic carbocycles. The molecule has 0 saturated heterocycles. The third-order valence-corrected chi connectivity index (χ3v) is 5.69. The first-order valence-electron chi connectivity index (χ1n) is 9.39. The molecule has 0 bridgehead atoms. The van der Waals surface area contributed by atoms with Gasteiger partial charge in [0.05, 0.1) is 0 Å². The second kappa shape index (κ2) is 9.28. The Kier molecular flexibility index (Phi) is 6.53. The Labute approximate surface area is 181 Å². The van der Waals surface area contributed by atoms with Gasteiger partial charge in [0.1, 0.15) is 22.3 Å². The van der Waals surface area contributed by atoms with E-state index >= 15 is 0 Å². The van der Waals surface area contributed by atoms with Crippen LogP contribution in [0, 0.1) is 25.2 Å². The van der Waals surface area contributed by atoms with Gasteiger partial charge in [-0.15, -0.1) is 0 Å². The van der Waals surface area contributed by atoms with Crippen molar-refractivity contribution in [3.8, 4) is 11.8 Å². The molecule has 0 aliphatic rings. The quantitative estimate of drug-likeness (QED) is 0.348. The molecular weight excluding hydrogens is 412 g/mol. The van der Waals surface area contributed by atoms with Crippen LogP contribution in [0.2, 0.25) is 0 Å². The first kappa shape index (κ1) is 21.8. The summed E-state index contributed by atoms with van der Waals surface area (Å²) in [4.78, 5) is 12.6. The van der Waals surface area contributed by atoms with Gasteiger partial charge in [-0.05, 0) is 49.8 Å². The molecule has 1 amide bonds. The summed E-state index contributed by atoms with van der Waals surface area (Å²) in [6, 6.07) is 21.4. The number of benzene rings is 3. The molecule has 3 rings (SSSR count). The Hall–Kier alpha value is -3.89. The zero-order valence-electron chi connectivity index (χ0n) is 17.0. The summed E-state index contributed by atoms with van der Waals surface area (Å²) in [7, 11) is -4.07. The molecule has 0 atom stereocenters. The fraction of sp³-hybridized carbons (Fsp3) is 0.0833. The van der Waals surface area contributed by atoms with Crippen LogP contribution in [0.1, 0.15) is 16.7 Å². The Morgan fingerprint density at radius 2 is 1.68 bits per heavy atom. The number of carbonyl (C=O) groups is 1. The highest BCUT2D eigenvalue weighted by Crippen LogP contribution is 2.25. The third kappa shape index (κ3) is 5.38. The van der Waals surface area contributed by atoms with E-state index in [-0.39, 0.29) is 21.8 Å². The SMILES string of the molecule is Cc1ccc(NC(=O)/C(C#N)=C/c2ccccc2OS(=O)(=O)c2ccccc2)c(C)c1. The third-order valence-electron chi connectivity index (χ3n) is 4.45. The Balaban J connectivity index is 1.90. The predicted octanol–water partition coefficient (Wildman–Crippen LogP) is 4.62. The number of rotatable bonds is 6. The van der Waals surface area contributed by atoms with Gasteiger partial charge in [-0.3, -0.25) is 4.79 Å². The smallest absolute Gasteiger partial charge is 0.339 e. The molecule has 31 heavy (non-hydrogen) atoms. The second-order valence-electron chi connectivity index (χ2n) is 6.83. The average molecular weight is 433 g/mol. The molecule has 0 fully saturated rings. The van der Waals surface area contributed by atoms with Crippen molar-refractivity contribution < 1.29 is 17.4 Å². The lowest BCUT2D eigenvalue weighted by Crippen LogP contribution is -2.14. The number of anilines is 1. The van der Waals surface area contributed by atoms with Gasteiger partial charge >= 0.3 is 10.1 Å². The molecule has 0 unspecified atom stereocenters. The summed E-state index contributed by atoms with van der Waals surface area (Å²) >= 11 is 0. The molecule has 1 N–H and O–H groups in total. The standard InChI is InChI=1S/C24H20N2O4S/c1-17-12-13-22(18(2)14-17)26-24(27)20(16-25)15-19-8-6-7-11-23(19)30-31(28,29)21-9-4-3-5-10-21/h3-15H,1-2H3,(H,26,27)/b20-15+. The number of amides is 1. The van der Waals surface area contributed by atoms with Crippen LogP contribution in [-0.4, -0.2) is 14.3 Å². The molecule has 3 aromatic carbocycles. The number of nitriles is 1. The average Bonchev–Trinajstić information content (AvgIpc) is 2.75. The molecule has 6 nitrogen and oxygen atoms in total. The van der Waals surface area contributed by atoms with Crippen LogP contribution < -0.4 is 9.50 Å². The maximum Gasteiger partial charge on any atom is 0.339 e. The molecule has 0 aliphatic heterocycles. The van der Waals surface area contributed by atoms with Crippen LogP contribution in [0.3, 0.4) is 0 Å². The summed E-state index contributed by atoms with van der Waals surface area (Å²) in [5.74, 6) is -0.589. The molecule has 0 spiro atoms.